The number of carbonyl (C=O) groups is 2. The van der Waals surface area contributed by atoms with Crippen LogP contribution in [0.5, 0.6) is 5.75 Å². The fourth-order valence-corrected chi connectivity index (χ4v) is 4.11. The Morgan fingerprint density at radius 3 is 1.51 bits per heavy atom. The zero-order valence-electron chi connectivity index (χ0n) is 20.9. The molecule has 0 aliphatic carbocycles. The van der Waals surface area contributed by atoms with Crippen molar-refractivity contribution >= 4 is 11.9 Å². The number of amides is 1. The number of carboxylic acid groups (broad SMARTS) is 1. The van der Waals surface area contributed by atoms with Crippen LogP contribution >= 0.6 is 0 Å². The molecule has 0 heterocycles. The van der Waals surface area contributed by atoms with Crippen molar-refractivity contribution in [3.05, 3.63) is 113 Å². The minimum atomic E-state index is -4.52. The number of nitrogens with one attached hydrogen (secondary N) is 1. The molecule has 212 valence electrons. The van der Waals surface area contributed by atoms with E-state index >= 15 is 0 Å². The Morgan fingerprint density at radius 1 is 0.659 bits per heavy atom. The largest absolute Gasteiger partial charge is 0.507 e. The molecule has 11 heteroatoms. The number of halogens is 6. The van der Waals surface area contributed by atoms with Gasteiger partial charge in [-0.25, -0.2) is 4.79 Å². The van der Waals surface area contributed by atoms with E-state index in [0.717, 1.165) is 24.3 Å². The number of aliphatic carboxylic acids is 1. The normalized spacial score (nSPS) is 12.5. The average Bonchev–Trinajstić information content (AvgIpc) is 2.92. The molecule has 4 aromatic rings. The van der Waals surface area contributed by atoms with Crippen molar-refractivity contribution in [2.24, 2.45) is 0 Å². The molecule has 5 nitrogen and oxygen atoms in total. The van der Waals surface area contributed by atoms with Crippen LogP contribution in [0.3, 0.4) is 0 Å². The fourth-order valence-electron chi connectivity index (χ4n) is 4.11. The number of phenolic OH excluding ortho intramolecular Hbond substituents is 1. The summed E-state index contributed by atoms with van der Waals surface area (Å²) in [7, 11) is 0. The van der Waals surface area contributed by atoms with Crippen LogP contribution in [0.1, 0.15) is 27.0 Å². The second-order valence-corrected chi connectivity index (χ2v) is 9.15. The first-order chi connectivity index (χ1) is 19.2. The SMILES string of the molecule is O=C(N[C@@H](Cc1ccc(-c2ccc(C(F)(F)F)cc2)cc1)C(=O)O)c1cc(-c2ccc(C(F)(F)F)cc2)ccc1O. The summed E-state index contributed by atoms with van der Waals surface area (Å²) in [5.41, 5.74) is 0.396. The summed E-state index contributed by atoms with van der Waals surface area (Å²) >= 11 is 0. The second-order valence-electron chi connectivity index (χ2n) is 9.15. The highest BCUT2D eigenvalue weighted by Gasteiger charge is 2.31. The van der Waals surface area contributed by atoms with E-state index in [9.17, 15) is 46.1 Å². The molecule has 0 bridgehead atoms. The molecule has 0 radical (unpaired) electrons. The van der Waals surface area contributed by atoms with Crippen molar-refractivity contribution in [1.82, 2.24) is 5.32 Å². The smallest absolute Gasteiger partial charge is 0.416 e. The van der Waals surface area contributed by atoms with E-state index < -0.39 is 47.1 Å². The maximum absolute atomic E-state index is 12.9. The molecule has 0 saturated heterocycles. The van der Waals surface area contributed by atoms with Crippen LogP contribution in [0.25, 0.3) is 22.3 Å². The molecule has 0 aliphatic heterocycles. The molecule has 0 aromatic heterocycles. The number of hydrogen-bond donors (Lipinski definition) is 3. The summed E-state index contributed by atoms with van der Waals surface area (Å²) in [4.78, 5) is 24.8. The number of phenols is 1. The van der Waals surface area contributed by atoms with E-state index in [1.54, 1.807) is 24.3 Å². The van der Waals surface area contributed by atoms with Crippen LogP contribution in [0.2, 0.25) is 0 Å². The van der Waals surface area contributed by atoms with Crippen LogP contribution in [0.15, 0.2) is 91.0 Å². The van der Waals surface area contributed by atoms with Crippen molar-refractivity contribution < 1.29 is 46.1 Å². The highest BCUT2D eigenvalue weighted by molar-refractivity contribution is 6.00. The zero-order chi connectivity index (χ0) is 29.9. The third-order valence-electron chi connectivity index (χ3n) is 6.33. The molecular weight excluding hydrogens is 552 g/mol. The molecular formula is C30H21F6NO4. The Labute approximate surface area is 229 Å². The third kappa shape index (κ3) is 7.05. The van der Waals surface area contributed by atoms with Gasteiger partial charge in [0.05, 0.1) is 16.7 Å². The van der Waals surface area contributed by atoms with Crippen molar-refractivity contribution in [1.29, 1.82) is 0 Å². The molecule has 0 spiro atoms. The first kappa shape index (κ1) is 29.2. The Balaban J connectivity index is 1.48. The Kier molecular flexibility index (Phi) is 8.09. The molecule has 4 rings (SSSR count). The summed E-state index contributed by atoms with van der Waals surface area (Å²) < 4.78 is 77.0. The van der Waals surface area contributed by atoms with E-state index in [0.29, 0.717) is 27.8 Å². The molecule has 0 unspecified atom stereocenters. The maximum atomic E-state index is 12.9. The maximum Gasteiger partial charge on any atom is 0.416 e. The summed E-state index contributed by atoms with van der Waals surface area (Å²) in [6, 6.07) is 17.5. The van der Waals surface area contributed by atoms with E-state index in [1.165, 1.54) is 42.5 Å². The lowest BCUT2D eigenvalue weighted by Gasteiger charge is -2.16. The van der Waals surface area contributed by atoms with E-state index in [4.69, 9.17) is 0 Å². The lowest BCUT2D eigenvalue weighted by atomic mass is 9.99. The van der Waals surface area contributed by atoms with Gasteiger partial charge < -0.3 is 15.5 Å². The highest BCUT2D eigenvalue weighted by atomic mass is 19.4. The van der Waals surface area contributed by atoms with Gasteiger partial charge in [0.1, 0.15) is 11.8 Å². The molecule has 4 aromatic carbocycles. The third-order valence-corrected chi connectivity index (χ3v) is 6.33. The van der Waals surface area contributed by atoms with Crippen molar-refractivity contribution in [3.8, 4) is 28.0 Å². The predicted octanol–water partition coefficient (Wildman–Crippen LogP) is 7.19. The lowest BCUT2D eigenvalue weighted by molar-refractivity contribution is -0.139. The Hall–Kier alpha value is -4.80. The molecule has 1 amide bonds. The minimum absolute atomic E-state index is 0.145. The van der Waals surface area contributed by atoms with Crippen LogP contribution in [-0.4, -0.2) is 28.1 Å². The summed E-state index contributed by atoms with van der Waals surface area (Å²) in [6.07, 6.45) is -9.13. The number of alkyl halides is 6. The Bertz CT molecular complexity index is 1540. The first-order valence-electron chi connectivity index (χ1n) is 12.0. The molecule has 1 atom stereocenters. The van der Waals surface area contributed by atoms with Gasteiger partial charge in [-0.15, -0.1) is 0 Å². The van der Waals surface area contributed by atoms with E-state index in [2.05, 4.69) is 5.32 Å². The summed E-state index contributed by atoms with van der Waals surface area (Å²) in [5, 5.41) is 22.3. The molecule has 0 saturated carbocycles. The van der Waals surface area contributed by atoms with Crippen molar-refractivity contribution in [2.75, 3.05) is 0 Å². The van der Waals surface area contributed by atoms with Gasteiger partial charge in [0.25, 0.3) is 5.91 Å². The van der Waals surface area contributed by atoms with Crippen LogP contribution in [0, 0.1) is 0 Å². The van der Waals surface area contributed by atoms with Gasteiger partial charge in [0.2, 0.25) is 0 Å². The van der Waals surface area contributed by atoms with Gasteiger partial charge in [0, 0.05) is 6.42 Å². The number of carbonyl (C=O) groups excluding carboxylic acids is 1. The monoisotopic (exact) mass is 573 g/mol. The number of carboxylic acids is 1. The summed E-state index contributed by atoms with van der Waals surface area (Å²) in [5.74, 6) is -2.73. The van der Waals surface area contributed by atoms with Crippen molar-refractivity contribution in [2.45, 2.75) is 24.8 Å². The zero-order valence-corrected chi connectivity index (χ0v) is 20.9. The van der Waals surface area contributed by atoms with Gasteiger partial charge in [-0.05, 0) is 64.2 Å². The summed E-state index contributed by atoms with van der Waals surface area (Å²) in [6.45, 7) is 0. The van der Waals surface area contributed by atoms with Gasteiger partial charge in [-0.1, -0.05) is 54.6 Å². The Morgan fingerprint density at radius 2 is 1.07 bits per heavy atom. The van der Waals surface area contributed by atoms with Gasteiger partial charge in [-0.2, -0.15) is 26.3 Å². The number of rotatable bonds is 7. The van der Waals surface area contributed by atoms with Gasteiger partial charge >= 0.3 is 18.3 Å². The number of aromatic hydroxyl groups is 1. The highest BCUT2D eigenvalue weighted by Crippen LogP contribution is 2.33. The molecule has 41 heavy (non-hydrogen) atoms. The number of hydrogen-bond acceptors (Lipinski definition) is 3. The fraction of sp³-hybridized carbons (Fsp3) is 0.133. The van der Waals surface area contributed by atoms with Gasteiger partial charge in [-0.3, -0.25) is 4.79 Å². The quantitative estimate of drug-likeness (QED) is 0.204. The van der Waals surface area contributed by atoms with Crippen LogP contribution in [0.4, 0.5) is 26.3 Å². The predicted molar refractivity (Wildman–Crippen MR) is 138 cm³/mol. The number of benzene rings is 4. The second kappa shape index (κ2) is 11.4. The van der Waals surface area contributed by atoms with E-state index in [-0.39, 0.29) is 12.0 Å². The molecule has 0 fully saturated rings. The first-order valence-corrected chi connectivity index (χ1v) is 12.0. The lowest BCUT2D eigenvalue weighted by Crippen LogP contribution is -2.42. The molecule has 0 aliphatic rings. The van der Waals surface area contributed by atoms with E-state index in [1.807, 2.05) is 0 Å². The van der Waals surface area contributed by atoms with Crippen molar-refractivity contribution in [3.63, 3.8) is 0 Å². The average molecular weight is 573 g/mol. The topological polar surface area (TPSA) is 86.6 Å². The standard InChI is InChI=1S/C30H21F6NO4/c31-29(32,33)22-10-5-19(6-11-22)18-3-1-17(2-4-18)15-25(28(40)41)37-27(39)24-16-21(9-14-26(24)38)20-7-12-23(13-8-20)30(34,35)36/h1-14,16,25,38H,15H2,(H,37,39)(H,40,41)/t25-/m0/s1. The molecule has 3 N–H and O–H groups in total. The minimum Gasteiger partial charge on any atom is -0.507 e. The van der Waals surface area contributed by atoms with Crippen LogP contribution < -0.4 is 5.32 Å². The van der Waals surface area contributed by atoms with Crippen LogP contribution in [-0.2, 0) is 23.6 Å². The van der Waals surface area contributed by atoms with Gasteiger partial charge in [0.15, 0.2) is 0 Å².